The van der Waals surface area contributed by atoms with Crippen LogP contribution in [-0.4, -0.2) is 22.0 Å². The van der Waals surface area contributed by atoms with Gasteiger partial charge in [0.1, 0.15) is 24.7 Å². The van der Waals surface area contributed by atoms with Gasteiger partial charge in [-0.05, 0) is 43.7 Å². The van der Waals surface area contributed by atoms with E-state index in [4.69, 9.17) is 4.74 Å². The summed E-state index contributed by atoms with van der Waals surface area (Å²) in [6, 6.07) is 15.7. The maximum Gasteiger partial charge on any atom is 0.240 e. The van der Waals surface area contributed by atoms with Crippen molar-refractivity contribution in [1.29, 1.82) is 0 Å². The van der Waals surface area contributed by atoms with Gasteiger partial charge in [0.2, 0.25) is 5.91 Å². The highest BCUT2D eigenvalue weighted by Gasteiger charge is 2.13. The lowest BCUT2D eigenvalue weighted by Gasteiger charge is -2.10. The van der Waals surface area contributed by atoms with Gasteiger partial charge in [0.05, 0.1) is 11.0 Å². The molecule has 3 rings (SSSR count). The van der Waals surface area contributed by atoms with E-state index in [1.807, 2.05) is 66.9 Å². The lowest BCUT2D eigenvalue weighted by Crippen LogP contribution is -2.28. The number of likely N-dealkylation sites (N-methyl/N-ethyl adjacent to an activating group) is 1. The predicted octanol–water partition coefficient (Wildman–Crippen LogP) is 3.06. The maximum absolute atomic E-state index is 12.0. The Labute approximate surface area is 141 Å². The number of imidazole rings is 1. The van der Waals surface area contributed by atoms with Gasteiger partial charge in [0, 0.05) is 6.54 Å². The quantitative estimate of drug-likeness (QED) is 0.758. The van der Waals surface area contributed by atoms with Crippen molar-refractivity contribution < 1.29 is 9.53 Å². The van der Waals surface area contributed by atoms with E-state index in [9.17, 15) is 4.79 Å². The predicted molar refractivity (Wildman–Crippen MR) is 93.9 cm³/mol. The summed E-state index contributed by atoms with van der Waals surface area (Å²) in [5.41, 5.74) is 2.94. The number of benzene rings is 2. The molecule has 0 saturated carbocycles. The van der Waals surface area contributed by atoms with Crippen molar-refractivity contribution in [3.8, 4) is 5.75 Å². The second kappa shape index (κ2) is 7.17. The van der Waals surface area contributed by atoms with E-state index in [1.165, 1.54) is 0 Å². The molecular weight excluding hydrogens is 302 g/mol. The van der Waals surface area contributed by atoms with Gasteiger partial charge in [-0.1, -0.05) is 24.3 Å². The minimum absolute atomic E-state index is 0.0301. The van der Waals surface area contributed by atoms with Crippen LogP contribution in [-0.2, 0) is 17.9 Å². The summed E-state index contributed by atoms with van der Waals surface area (Å²) in [5.74, 6) is 1.51. The van der Waals surface area contributed by atoms with Crippen LogP contribution in [0.25, 0.3) is 11.0 Å². The van der Waals surface area contributed by atoms with Gasteiger partial charge in [-0.3, -0.25) is 4.79 Å². The normalized spacial score (nSPS) is 10.8. The first kappa shape index (κ1) is 16.1. The van der Waals surface area contributed by atoms with E-state index in [0.717, 1.165) is 28.2 Å². The van der Waals surface area contributed by atoms with Crippen LogP contribution in [0.15, 0.2) is 48.5 Å². The molecule has 5 nitrogen and oxygen atoms in total. The number of carbonyl (C=O) groups excluding carboxylic acids is 1. The number of carbonyl (C=O) groups is 1. The Morgan fingerprint density at radius 3 is 2.83 bits per heavy atom. The molecule has 1 amide bonds. The minimum Gasteiger partial charge on any atom is -0.486 e. The van der Waals surface area contributed by atoms with Crippen LogP contribution in [0.5, 0.6) is 5.75 Å². The number of ether oxygens (including phenoxy) is 1. The van der Waals surface area contributed by atoms with Crippen molar-refractivity contribution in [2.24, 2.45) is 0 Å². The summed E-state index contributed by atoms with van der Waals surface area (Å²) in [7, 11) is 0. The first-order valence-corrected chi connectivity index (χ1v) is 8.07. The summed E-state index contributed by atoms with van der Waals surface area (Å²) >= 11 is 0. The summed E-state index contributed by atoms with van der Waals surface area (Å²) in [6.45, 7) is 5.10. The van der Waals surface area contributed by atoms with Crippen molar-refractivity contribution in [3.63, 3.8) is 0 Å². The van der Waals surface area contributed by atoms with E-state index in [2.05, 4.69) is 10.3 Å². The molecule has 0 bridgehead atoms. The molecule has 0 aliphatic rings. The Morgan fingerprint density at radius 1 is 1.21 bits per heavy atom. The molecule has 1 aromatic heterocycles. The van der Waals surface area contributed by atoms with Gasteiger partial charge >= 0.3 is 0 Å². The van der Waals surface area contributed by atoms with Crippen LogP contribution >= 0.6 is 0 Å². The van der Waals surface area contributed by atoms with E-state index in [-0.39, 0.29) is 12.5 Å². The smallest absolute Gasteiger partial charge is 0.240 e. The van der Waals surface area contributed by atoms with Crippen molar-refractivity contribution in [2.75, 3.05) is 6.54 Å². The van der Waals surface area contributed by atoms with Gasteiger partial charge in [0.15, 0.2) is 0 Å². The molecule has 0 saturated heterocycles. The zero-order valence-electron chi connectivity index (χ0n) is 14.0. The SMILES string of the molecule is CCNC(=O)Cn1c(COc2cccc(C)c2)nc2ccccc21. The molecule has 1 N–H and O–H groups in total. The van der Waals surface area contributed by atoms with E-state index >= 15 is 0 Å². The molecule has 3 aromatic rings. The lowest BCUT2D eigenvalue weighted by molar-refractivity contribution is -0.121. The molecule has 5 heteroatoms. The van der Waals surface area contributed by atoms with Gasteiger partial charge in [-0.2, -0.15) is 0 Å². The molecule has 0 aliphatic heterocycles. The van der Waals surface area contributed by atoms with Crippen LogP contribution in [0.2, 0.25) is 0 Å². The van der Waals surface area contributed by atoms with Crippen molar-refractivity contribution in [1.82, 2.24) is 14.9 Å². The topological polar surface area (TPSA) is 56.2 Å². The van der Waals surface area contributed by atoms with Crippen LogP contribution in [0.1, 0.15) is 18.3 Å². The monoisotopic (exact) mass is 323 g/mol. The molecule has 1 heterocycles. The molecule has 124 valence electrons. The number of fused-ring (bicyclic) bond motifs is 1. The number of amides is 1. The third kappa shape index (κ3) is 3.56. The Hall–Kier alpha value is -2.82. The fourth-order valence-corrected chi connectivity index (χ4v) is 2.66. The van der Waals surface area contributed by atoms with Crippen molar-refractivity contribution >= 4 is 16.9 Å². The molecule has 24 heavy (non-hydrogen) atoms. The van der Waals surface area contributed by atoms with Gasteiger partial charge in [-0.25, -0.2) is 4.98 Å². The molecular formula is C19H21N3O2. The fourth-order valence-electron chi connectivity index (χ4n) is 2.66. The van der Waals surface area contributed by atoms with Crippen molar-refractivity contribution in [3.05, 3.63) is 59.9 Å². The molecule has 0 fully saturated rings. The van der Waals surface area contributed by atoms with Crippen LogP contribution < -0.4 is 10.1 Å². The highest BCUT2D eigenvalue weighted by Crippen LogP contribution is 2.19. The lowest BCUT2D eigenvalue weighted by atomic mass is 10.2. The first-order valence-electron chi connectivity index (χ1n) is 8.07. The number of nitrogens with zero attached hydrogens (tertiary/aromatic N) is 2. The number of nitrogens with one attached hydrogen (secondary N) is 1. The Kier molecular flexibility index (Phi) is 4.79. The number of hydrogen-bond donors (Lipinski definition) is 1. The third-order valence-electron chi connectivity index (χ3n) is 3.77. The standard InChI is InChI=1S/C19H21N3O2/c1-3-20-19(23)12-22-17-10-5-4-9-16(17)21-18(22)13-24-15-8-6-7-14(2)11-15/h4-11H,3,12-13H2,1-2H3,(H,20,23). The summed E-state index contributed by atoms with van der Waals surface area (Å²) in [6.07, 6.45) is 0. The number of rotatable bonds is 6. The number of para-hydroxylation sites is 2. The second-order valence-electron chi connectivity index (χ2n) is 5.66. The summed E-state index contributed by atoms with van der Waals surface area (Å²) in [4.78, 5) is 16.6. The van der Waals surface area contributed by atoms with Gasteiger partial charge in [-0.15, -0.1) is 0 Å². The molecule has 0 radical (unpaired) electrons. The average Bonchev–Trinajstić information content (AvgIpc) is 2.91. The molecule has 0 aliphatic carbocycles. The minimum atomic E-state index is -0.0301. The molecule has 0 atom stereocenters. The highest BCUT2D eigenvalue weighted by atomic mass is 16.5. The van der Waals surface area contributed by atoms with Crippen molar-refractivity contribution in [2.45, 2.75) is 27.0 Å². The Morgan fingerprint density at radius 2 is 2.04 bits per heavy atom. The Balaban J connectivity index is 1.87. The van der Waals surface area contributed by atoms with Gasteiger partial charge in [0.25, 0.3) is 0 Å². The highest BCUT2D eigenvalue weighted by molar-refractivity contribution is 5.81. The number of aromatic nitrogens is 2. The second-order valence-corrected chi connectivity index (χ2v) is 5.66. The molecule has 0 spiro atoms. The zero-order valence-corrected chi connectivity index (χ0v) is 14.0. The van der Waals surface area contributed by atoms with E-state index in [1.54, 1.807) is 0 Å². The Bertz CT molecular complexity index is 855. The number of hydrogen-bond acceptors (Lipinski definition) is 3. The average molecular weight is 323 g/mol. The van der Waals surface area contributed by atoms with Crippen LogP contribution in [0.4, 0.5) is 0 Å². The third-order valence-corrected chi connectivity index (χ3v) is 3.77. The number of aryl methyl sites for hydroxylation is 1. The zero-order chi connectivity index (χ0) is 16.9. The van der Waals surface area contributed by atoms with Gasteiger partial charge < -0.3 is 14.6 Å². The van der Waals surface area contributed by atoms with E-state index < -0.39 is 0 Å². The largest absolute Gasteiger partial charge is 0.486 e. The maximum atomic E-state index is 12.0. The van der Waals surface area contributed by atoms with Crippen LogP contribution in [0, 0.1) is 6.92 Å². The fraction of sp³-hybridized carbons (Fsp3) is 0.263. The molecule has 0 unspecified atom stereocenters. The summed E-state index contributed by atoms with van der Waals surface area (Å²) in [5, 5.41) is 2.83. The van der Waals surface area contributed by atoms with Crippen LogP contribution in [0.3, 0.4) is 0 Å². The summed E-state index contributed by atoms with van der Waals surface area (Å²) < 4.78 is 7.78. The van der Waals surface area contributed by atoms with E-state index in [0.29, 0.717) is 13.2 Å². The first-order chi connectivity index (χ1) is 11.7. The molecule has 2 aromatic carbocycles.